The summed E-state index contributed by atoms with van der Waals surface area (Å²) in [5.74, 6) is 0.709. The topological polar surface area (TPSA) is 95.5 Å². The van der Waals surface area contributed by atoms with E-state index >= 15 is 0 Å². The number of ether oxygens (including phenoxy) is 1. The third-order valence-electron chi connectivity index (χ3n) is 3.24. The number of rotatable bonds is 5. The number of hydrogen-bond donors (Lipinski definition) is 0. The molecule has 0 saturated carbocycles. The van der Waals surface area contributed by atoms with Crippen molar-refractivity contribution < 1.29 is 9.66 Å². The fraction of sp³-hybridized carbons (Fsp3) is 0.308. The van der Waals surface area contributed by atoms with Gasteiger partial charge in [-0.3, -0.25) is 10.1 Å². The van der Waals surface area contributed by atoms with Crippen molar-refractivity contribution in [2.75, 3.05) is 13.7 Å². The SMILES string of the molecule is COCCc1nnc2sc(-c3ccc(C)c([N+](=O)[O-])c3)nn12. The lowest BCUT2D eigenvalue weighted by Gasteiger charge is -1.99. The Morgan fingerprint density at radius 2 is 2.23 bits per heavy atom. The zero-order valence-corrected chi connectivity index (χ0v) is 12.8. The van der Waals surface area contributed by atoms with Gasteiger partial charge in [-0.15, -0.1) is 10.2 Å². The summed E-state index contributed by atoms with van der Waals surface area (Å²) in [4.78, 5) is 11.3. The zero-order chi connectivity index (χ0) is 15.7. The molecule has 0 N–H and O–H groups in total. The molecule has 0 saturated heterocycles. The molecule has 22 heavy (non-hydrogen) atoms. The quantitative estimate of drug-likeness (QED) is 0.529. The smallest absolute Gasteiger partial charge is 0.273 e. The third kappa shape index (κ3) is 2.55. The van der Waals surface area contributed by atoms with Crippen molar-refractivity contribution in [1.82, 2.24) is 19.8 Å². The molecule has 0 radical (unpaired) electrons. The molecule has 0 atom stereocenters. The lowest BCUT2D eigenvalue weighted by molar-refractivity contribution is -0.385. The number of nitro groups is 1. The van der Waals surface area contributed by atoms with Crippen LogP contribution in [0.3, 0.4) is 0 Å². The van der Waals surface area contributed by atoms with E-state index in [1.807, 2.05) is 6.07 Å². The maximum absolute atomic E-state index is 11.0. The van der Waals surface area contributed by atoms with Crippen LogP contribution >= 0.6 is 11.3 Å². The van der Waals surface area contributed by atoms with Gasteiger partial charge in [-0.05, 0) is 6.92 Å². The Bertz CT molecular complexity index is 841. The van der Waals surface area contributed by atoms with Crippen LogP contribution in [0, 0.1) is 17.0 Å². The molecule has 3 rings (SSSR count). The minimum Gasteiger partial charge on any atom is -0.384 e. The van der Waals surface area contributed by atoms with E-state index in [-0.39, 0.29) is 10.6 Å². The molecule has 0 aliphatic heterocycles. The first-order chi connectivity index (χ1) is 10.6. The summed E-state index contributed by atoms with van der Waals surface area (Å²) in [5, 5.41) is 24.3. The molecule has 0 fully saturated rings. The first-order valence-corrected chi connectivity index (χ1v) is 7.37. The van der Waals surface area contributed by atoms with Crippen molar-refractivity contribution >= 4 is 22.0 Å². The van der Waals surface area contributed by atoms with Crippen molar-refractivity contribution in [2.24, 2.45) is 0 Å². The number of aryl methyl sites for hydroxylation is 1. The van der Waals surface area contributed by atoms with E-state index in [1.165, 1.54) is 17.4 Å². The van der Waals surface area contributed by atoms with Gasteiger partial charge in [0, 0.05) is 30.7 Å². The summed E-state index contributed by atoms with van der Waals surface area (Å²) in [7, 11) is 1.62. The Labute approximate surface area is 129 Å². The van der Waals surface area contributed by atoms with E-state index in [9.17, 15) is 10.1 Å². The van der Waals surface area contributed by atoms with Crippen molar-refractivity contribution in [3.05, 3.63) is 39.7 Å². The summed E-state index contributed by atoms with van der Waals surface area (Å²) in [6.07, 6.45) is 0.606. The Kier molecular flexibility index (Phi) is 3.82. The number of methoxy groups -OCH3 is 1. The Morgan fingerprint density at radius 3 is 2.95 bits per heavy atom. The van der Waals surface area contributed by atoms with Gasteiger partial charge in [0.25, 0.3) is 5.69 Å². The van der Waals surface area contributed by atoms with Crippen LogP contribution in [-0.4, -0.2) is 38.5 Å². The van der Waals surface area contributed by atoms with Crippen LogP contribution in [0.2, 0.25) is 0 Å². The summed E-state index contributed by atoms with van der Waals surface area (Å²) in [5.41, 5.74) is 1.41. The molecule has 0 aliphatic rings. The van der Waals surface area contributed by atoms with Gasteiger partial charge in [0.1, 0.15) is 5.01 Å². The van der Waals surface area contributed by atoms with Crippen LogP contribution in [0.1, 0.15) is 11.4 Å². The van der Waals surface area contributed by atoms with Crippen molar-refractivity contribution in [2.45, 2.75) is 13.3 Å². The van der Waals surface area contributed by atoms with Gasteiger partial charge < -0.3 is 4.74 Å². The second-order valence-electron chi connectivity index (χ2n) is 4.72. The average Bonchev–Trinajstić information content (AvgIpc) is 3.06. The standard InChI is InChI=1S/C13H13N5O3S/c1-8-3-4-9(7-10(8)18(19)20)12-16-17-11(5-6-21-2)14-15-13(17)22-12/h3-4,7H,5-6H2,1-2H3. The normalized spacial score (nSPS) is 11.2. The zero-order valence-electron chi connectivity index (χ0n) is 12.0. The van der Waals surface area contributed by atoms with Gasteiger partial charge in [0.05, 0.1) is 11.5 Å². The summed E-state index contributed by atoms with van der Waals surface area (Å²) >= 11 is 1.35. The van der Waals surface area contributed by atoms with Crippen LogP contribution in [0.15, 0.2) is 18.2 Å². The number of fused-ring (bicyclic) bond motifs is 1. The van der Waals surface area contributed by atoms with Gasteiger partial charge in [0.2, 0.25) is 4.96 Å². The fourth-order valence-corrected chi connectivity index (χ4v) is 2.92. The molecule has 114 valence electrons. The molecule has 0 bridgehead atoms. The van der Waals surface area contributed by atoms with E-state index in [0.29, 0.717) is 39.9 Å². The van der Waals surface area contributed by atoms with Gasteiger partial charge >= 0.3 is 0 Å². The predicted molar refractivity (Wildman–Crippen MR) is 81.1 cm³/mol. The number of hydrogen-bond acceptors (Lipinski definition) is 7. The van der Waals surface area contributed by atoms with Crippen molar-refractivity contribution in [3.63, 3.8) is 0 Å². The monoisotopic (exact) mass is 319 g/mol. The molecule has 3 aromatic rings. The molecule has 0 spiro atoms. The first-order valence-electron chi connectivity index (χ1n) is 6.55. The molecule has 9 heteroatoms. The number of benzene rings is 1. The minimum absolute atomic E-state index is 0.0862. The average molecular weight is 319 g/mol. The number of nitro benzene ring substituents is 1. The van der Waals surface area contributed by atoms with Crippen LogP contribution < -0.4 is 0 Å². The molecule has 2 heterocycles. The maximum atomic E-state index is 11.0. The highest BCUT2D eigenvalue weighted by molar-refractivity contribution is 7.19. The van der Waals surface area contributed by atoms with Gasteiger partial charge in [-0.25, -0.2) is 0 Å². The van der Waals surface area contributed by atoms with Crippen molar-refractivity contribution in [1.29, 1.82) is 0 Å². The highest BCUT2D eigenvalue weighted by Gasteiger charge is 2.16. The largest absolute Gasteiger partial charge is 0.384 e. The van der Waals surface area contributed by atoms with Gasteiger partial charge in [-0.2, -0.15) is 9.61 Å². The molecule has 1 aromatic carbocycles. The molecule has 0 aliphatic carbocycles. The van der Waals surface area contributed by atoms with Crippen LogP contribution in [0.4, 0.5) is 5.69 Å². The van der Waals surface area contributed by atoms with Crippen LogP contribution in [0.5, 0.6) is 0 Å². The Balaban J connectivity index is 2.01. The minimum atomic E-state index is -0.386. The van der Waals surface area contributed by atoms with Crippen molar-refractivity contribution in [3.8, 4) is 10.6 Å². The maximum Gasteiger partial charge on any atom is 0.273 e. The van der Waals surface area contributed by atoms with Crippen LogP contribution in [0.25, 0.3) is 15.5 Å². The molecule has 8 nitrogen and oxygen atoms in total. The molecule has 2 aromatic heterocycles. The van der Waals surface area contributed by atoms with Gasteiger partial charge in [-0.1, -0.05) is 23.5 Å². The Hall–Kier alpha value is -2.39. The van der Waals surface area contributed by atoms with Gasteiger partial charge in [0.15, 0.2) is 5.82 Å². The second-order valence-corrected chi connectivity index (χ2v) is 5.67. The molecule has 0 amide bonds. The lowest BCUT2D eigenvalue weighted by atomic mass is 10.1. The van der Waals surface area contributed by atoms with E-state index in [2.05, 4.69) is 15.3 Å². The summed E-state index contributed by atoms with van der Waals surface area (Å²) in [6, 6.07) is 5.08. The van der Waals surface area contributed by atoms with E-state index in [0.717, 1.165) is 0 Å². The highest BCUT2D eigenvalue weighted by atomic mass is 32.1. The van der Waals surface area contributed by atoms with Crippen LogP contribution in [-0.2, 0) is 11.2 Å². The molecular formula is C13H13N5O3S. The number of nitrogens with zero attached hydrogens (tertiary/aromatic N) is 5. The van der Waals surface area contributed by atoms with E-state index in [1.54, 1.807) is 24.6 Å². The van der Waals surface area contributed by atoms with E-state index in [4.69, 9.17) is 4.74 Å². The molecular weight excluding hydrogens is 306 g/mol. The molecule has 0 unspecified atom stereocenters. The lowest BCUT2D eigenvalue weighted by Crippen LogP contribution is -2.01. The fourth-order valence-electron chi connectivity index (χ4n) is 2.06. The first kappa shape index (κ1) is 14.5. The summed E-state index contributed by atoms with van der Waals surface area (Å²) < 4.78 is 6.69. The van der Waals surface area contributed by atoms with E-state index < -0.39 is 0 Å². The predicted octanol–water partition coefficient (Wildman–Crippen LogP) is 2.26. The summed E-state index contributed by atoms with van der Waals surface area (Å²) in [6.45, 7) is 2.24. The second kappa shape index (κ2) is 5.78. The highest BCUT2D eigenvalue weighted by Crippen LogP contribution is 2.30. The third-order valence-corrected chi connectivity index (χ3v) is 4.19. The Morgan fingerprint density at radius 1 is 1.41 bits per heavy atom. The number of aromatic nitrogens is 4.